The minimum atomic E-state index is -0.242. The zero-order chi connectivity index (χ0) is 17.8. The van der Waals surface area contributed by atoms with Crippen molar-refractivity contribution >= 4 is 17.3 Å². The fourth-order valence-electron chi connectivity index (χ4n) is 3.12. The van der Waals surface area contributed by atoms with E-state index in [2.05, 4.69) is 15.5 Å². The first-order chi connectivity index (χ1) is 12.1. The van der Waals surface area contributed by atoms with Gasteiger partial charge in [-0.15, -0.1) is 0 Å². The molecule has 1 atom stereocenters. The van der Waals surface area contributed by atoms with Crippen molar-refractivity contribution in [1.82, 2.24) is 10.2 Å². The number of rotatable bonds is 4. The highest BCUT2D eigenvalue weighted by molar-refractivity contribution is 5.94. The molecule has 0 saturated carbocycles. The second-order valence-electron chi connectivity index (χ2n) is 6.28. The Kier molecular flexibility index (Phi) is 5.02. The minimum absolute atomic E-state index is 0.0357. The van der Waals surface area contributed by atoms with Gasteiger partial charge in [0.05, 0.1) is 30.6 Å². The average molecular weight is 342 g/mol. The molecule has 1 unspecified atom stereocenters. The lowest BCUT2D eigenvalue weighted by Gasteiger charge is -2.33. The molecular formula is C18H22N4O3. The SMILES string of the molecule is COc1ccc(C)cc1NC(=O)C1CCCN(c2cn[nH]c(=O)c2)C1. The number of H-pyrrole nitrogens is 1. The number of piperidine rings is 1. The number of aryl methyl sites for hydroxylation is 1. The summed E-state index contributed by atoms with van der Waals surface area (Å²) in [5, 5.41) is 9.18. The van der Waals surface area contributed by atoms with E-state index in [0.717, 1.165) is 30.6 Å². The van der Waals surface area contributed by atoms with Crippen molar-refractivity contribution in [2.75, 3.05) is 30.4 Å². The zero-order valence-electron chi connectivity index (χ0n) is 14.4. The quantitative estimate of drug-likeness (QED) is 0.887. The summed E-state index contributed by atoms with van der Waals surface area (Å²) in [5.41, 5.74) is 2.24. The predicted molar refractivity (Wildman–Crippen MR) is 96.2 cm³/mol. The van der Waals surface area contributed by atoms with Crippen molar-refractivity contribution < 1.29 is 9.53 Å². The second-order valence-corrected chi connectivity index (χ2v) is 6.28. The number of aromatic amines is 1. The van der Waals surface area contributed by atoms with Gasteiger partial charge in [0.25, 0.3) is 5.56 Å². The van der Waals surface area contributed by atoms with Gasteiger partial charge in [0.15, 0.2) is 0 Å². The van der Waals surface area contributed by atoms with Crippen molar-refractivity contribution in [3.05, 3.63) is 46.4 Å². The zero-order valence-corrected chi connectivity index (χ0v) is 14.4. The minimum Gasteiger partial charge on any atom is -0.495 e. The van der Waals surface area contributed by atoms with Gasteiger partial charge in [-0.05, 0) is 37.5 Å². The number of amides is 1. The van der Waals surface area contributed by atoms with Gasteiger partial charge in [-0.25, -0.2) is 5.10 Å². The van der Waals surface area contributed by atoms with Crippen LogP contribution >= 0.6 is 0 Å². The van der Waals surface area contributed by atoms with Crippen LogP contribution in [0, 0.1) is 12.8 Å². The van der Waals surface area contributed by atoms with E-state index in [0.29, 0.717) is 18.0 Å². The largest absolute Gasteiger partial charge is 0.495 e. The molecule has 7 nitrogen and oxygen atoms in total. The average Bonchev–Trinajstić information content (AvgIpc) is 2.62. The third-order valence-electron chi connectivity index (χ3n) is 4.42. The first-order valence-corrected chi connectivity index (χ1v) is 8.32. The molecule has 7 heteroatoms. The Labute approximate surface area is 146 Å². The third kappa shape index (κ3) is 3.99. The first kappa shape index (κ1) is 17.0. The Morgan fingerprint density at radius 1 is 1.40 bits per heavy atom. The molecule has 1 saturated heterocycles. The van der Waals surface area contributed by atoms with Crippen LogP contribution in [-0.4, -0.2) is 36.3 Å². The van der Waals surface area contributed by atoms with Gasteiger partial charge in [-0.3, -0.25) is 9.59 Å². The number of carbonyl (C=O) groups is 1. The van der Waals surface area contributed by atoms with Crippen molar-refractivity contribution in [3.8, 4) is 5.75 Å². The molecule has 0 radical (unpaired) electrons. The molecule has 25 heavy (non-hydrogen) atoms. The van der Waals surface area contributed by atoms with Crippen LogP contribution in [0.15, 0.2) is 35.3 Å². The van der Waals surface area contributed by atoms with E-state index in [4.69, 9.17) is 4.74 Å². The summed E-state index contributed by atoms with van der Waals surface area (Å²) in [6.45, 7) is 3.34. The highest BCUT2D eigenvalue weighted by Crippen LogP contribution is 2.27. The van der Waals surface area contributed by atoms with E-state index in [1.54, 1.807) is 13.3 Å². The highest BCUT2D eigenvalue weighted by Gasteiger charge is 2.27. The first-order valence-electron chi connectivity index (χ1n) is 8.32. The topological polar surface area (TPSA) is 87.3 Å². The van der Waals surface area contributed by atoms with Gasteiger partial charge < -0.3 is 15.0 Å². The normalized spacial score (nSPS) is 17.2. The summed E-state index contributed by atoms with van der Waals surface area (Å²) < 4.78 is 5.32. The lowest BCUT2D eigenvalue weighted by molar-refractivity contribution is -0.120. The second kappa shape index (κ2) is 7.38. The number of methoxy groups -OCH3 is 1. The maximum atomic E-state index is 12.7. The number of anilines is 2. The molecule has 0 bridgehead atoms. The van der Waals surface area contributed by atoms with Crippen LogP contribution in [0.3, 0.4) is 0 Å². The number of nitrogens with zero attached hydrogens (tertiary/aromatic N) is 2. The number of hydrogen-bond donors (Lipinski definition) is 2. The number of aromatic nitrogens is 2. The van der Waals surface area contributed by atoms with Crippen LogP contribution in [0.4, 0.5) is 11.4 Å². The van der Waals surface area contributed by atoms with E-state index < -0.39 is 0 Å². The fourth-order valence-corrected chi connectivity index (χ4v) is 3.12. The number of ether oxygens (including phenoxy) is 1. The molecule has 1 aromatic carbocycles. The van der Waals surface area contributed by atoms with E-state index in [-0.39, 0.29) is 17.4 Å². The Morgan fingerprint density at radius 3 is 3.00 bits per heavy atom. The van der Waals surface area contributed by atoms with Crippen molar-refractivity contribution in [2.24, 2.45) is 5.92 Å². The van der Waals surface area contributed by atoms with Gasteiger partial charge in [0.1, 0.15) is 5.75 Å². The number of hydrogen-bond acceptors (Lipinski definition) is 5. The lowest BCUT2D eigenvalue weighted by Crippen LogP contribution is -2.41. The molecule has 1 aromatic heterocycles. The van der Waals surface area contributed by atoms with Crippen molar-refractivity contribution in [2.45, 2.75) is 19.8 Å². The van der Waals surface area contributed by atoms with Crippen LogP contribution < -0.4 is 20.5 Å². The molecule has 0 spiro atoms. The molecule has 1 aliphatic heterocycles. The van der Waals surface area contributed by atoms with Gasteiger partial charge in [-0.2, -0.15) is 5.10 Å². The monoisotopic (exact) mass is 342 g/mol. The molecule has 132 valence electrons. The Balaban J connectivity index is 1.72. The Hall–Kier alpha value is -2.83. The maximum absolute atomic E-state index is 12.7. The third-order valence-corrected chi connectivity index (χ3v) is 4.42. The van der Waals surface area contributed by atoms with Gasteiger partial charge >= 0.3 is 0 Å². The van der Waals surface area contributed by atoms with E-state index in [1.807, 2.05) is 30.0 Å². The molecule has 1 fully saturated rings. The van der Waals surface area contributed by atoms with Crippen molar-refractivity contribution in [1.29, 1.82) is 0 Å². The van der Waals surface area contributed by atoms with E-state index in [1.165, 1.54) is 6.07 Å². The molecule has 2 aromatic rings. The molecule has 3 rings (SSSR count). The summed E-state index contributed by atoms with van der Waals surface area (Å²) in [7, 11) is 1.59. The molecule has 1 aliphatic rings. The summed E-state index contributed by atoms with van der Waals surface area (Å²) in [6.07, 6.45) is 3.31. The summed E-state index contributed by atoms with van der Waals surface area (Å²) in [6, 6.07) is 7.20. The maximum Gasteiger partial charge on any atom is 0.266 e. The lowest BCUT2D eigenvalue weighted by atomic mass is 9.96. The standard InChI is InChI=1S/C18H22N4O3/c1-12-5-6-16(25-2)15(8-12)20-18(24)13-4-3-7-22(11-13)14-9-17(23)21-19-10-14/h5-6,8-10,13H,3-4,7,11H2,1-2H3,(H,20,24)(H,21,23). The summed E-state index contributed by atoms with van der Waals surface area (Å²) in [5.74, 6) is 0.454. The molecule has 2 heterocycles. The Morgan fingerprint density at radius 2 is 2.24 bits per heavy atom. The van der Waals surface area contributed by atoms with Gasteiger partial charge in [0.2, 0.25) is 5.91 Å². The van der Waals surface area contributed by atoms with Gasteiger partial charge in [-0.1, -0.05) is 6.07 Å². The number of carbonyl (C=O) groups excluding carboxylic acids is 1. The molecule has 1 amide bonds. The Bertz CT molecular complexity index is 818. The summed E-state index contributed by atoms with van der Waals surface area (Å²) in [4.78, 5) is 26.2. The molecule has 2 N–H and O–H groups in total. The number of nitrogens with one attached hydrogen (secondary N) is 2. The smallest absolute Gasteiger partial charge is 0.266 e. The van der Waals surface area contributed by atoms with E-state index >= 15 is 0 Å². The molecule has 0 aliphatic carbocycles. The van der Waals surface area contributed by atoms with Gasteiger partial charge in [0, 0.05) is 19.2 Å². The van der Waals surface area contributed by atoms with Crippen LogP contribution in [0.1, 0.15) is 18.4 Å². The van der Waals surface area contributed by atoms with E-state index in [9.17, 15) is 9.59 Å². The van der Waals surface area contributed by atoms with Crippen LogP contribution in [0.25, 0.3) is 0 Å². The predicted octanol–water partition coefficient (Wildman–Crippen LogP) is 1.94. The number of benzene rings is 1. The molecular weight excluding hydrogens is 320 g/mol. The van der Waals surface area contributed by atoms with Crippen LogP contribution in [-0.2, 0) is 4.79 Å². The van der Waals surface area contributed by atoms with Crippen molar-refractivity contribution in [3.63, 3.8) is 0 Å². The highest BCUT2D eigenvalue weighted by atomic mass is 16.5. The van der Waals surface area contributed by atoms with Crippen LogP contribution in [0.2, 0.25) is 0 Å². The fraction of sp³-hybridized carbons (Fsp3) is 0.389. The van der Waals surface area contributed by atoms with Crippen LogP contribution in [0.5, 0.6) is 5.75 Å². The summed E-state index contributed by atoms with van der Waals surface area (Å²) >= 11 is 0.